The average molecular weight is 346 g/mol. The number of aryl methyl sites for hydroxylation is 3. The summed E-state index contributed by atoms with van der Waals surface area (Å²) in [5.74, 6) is 0.249. The second-order valence-corrected chi connectivity index (χ2v) is 8.36. The molecule has 0 aromatic heterocycles. The molecule has 2 fully saturated rings. The Bertz CT molecular complexity index is 647. The molecule has 1 heterocycles. The van der Waals surface area contributed by atoms with Crippen molar-refractivity contribution in [1.29, 1.82) is 0 Å². The van der Waals surface area contributed by atoms with Crippen LogP contribution in [0.5, 0.6) is 0 Å². The van der Waals surface area contributed by atoms with Crippen molar-refractivity contribution in [3.8, 4) is 0 Å². The van der Waals surface area contributed by atoms with Crippen LogP contribution in [0.1, 0.15) is 47.4 Å². The maximum atomic E-state index is 13.0. The van der Waals surface area contributed by atoms with Gasteiger partial charge in [0.15, 0.2) is 5.78 Å². The Hall–Kier alpha value is -1.13. The van der Waals surface area contributed by atoms with E-state index in [0.29, 0.717) is 12.3 Å². The number of rotatable bonds is 4. The van der Waals surface area contributed by atoms with Gasteiger partial charge in [-0.2, -0.15) is 0 Å². The van der Waals surface area contributed by atoms with E-state index in [-0.39, 0.29) is 17.5 Å². The van der Waals surface area contributed by atoms with E-state index >= 15 is 0 Å². The quantitative estimate of drug-likeness (QED) is 0.614. The molecule has 24 heavy (non-hydrogen) atoms. The molecular formula is C20H27NO2S. The highest BCUT2D eigenvalue weighted by Gasteiger charge is 2.44. The van der Waals surface area contributed by atoms with Crippen molar-refractivity contribution in [2.24, 2.45) is 11.8 Å². The Labute approximate surface area is 149 Å². The Morgan fingerprint density at radius 1 is 1.17 bits per heavy atom. The molecule has 1 aromatic rings. The summed E-state index contributed by atoms with van der Waals surface area (Å²) in [6, 6.07) is 4.17. The third-order valence-corrected chi connectivity index (χ3v) is 6.46. The van der Waals surface area contributed by atoms with Crippen molar-refractivity contribution in [1.82, 2.24) is 4.31 Å². The zero-order valence-corrected chi connectivity index (χ0v) is 15.9. The summed E-state index contributed by atoms with van der Waals surface area (Å²) in [5.41, 5.74) is 4.31. The zero-order valence-electron chi connectivity index (χ0n) is 15.1. The molecule has 3 rings (SSSR count). The van der Waals surface area contributed by atoms with Gasteiger partial charge in [0.05, 0.1) is 0 Å². The molecule has 2 aliphatic rings. The molecule has 3 atom stereocenters. The first kappa shape index (κ1) is 17.7. The molecular weight excluding hydrogens is 318 g/mol. The van der Waals surface area contributed by atoms with Crippen LogP contribution in [0.3, 0.4) is 0 Å². The maximum absolute atomic E-state index is 13.0. The first-order chi connectivity index (χ1) is 11.4. The van der Waals surface area contributed by atoms with E-state index in [1.54, 1.807) is 11.9 Å². The normalized spacial score (nSPS) is 28.1. The van der Waals surface area contributed by atoms with Crippen LogP contribution in [0, 0.1) is 32.6 Å². The Kier molecular flexibility index (Phi) is 5.16. The third-order valence-electron chi connectivity index (χ3n) is 5.61. The summed E-state index contributed by atoms with van der Waals surface area (Å²) in [5, 5.41) is 0. The van der Waals surface area contributed by atoms with E-state index in [2.05, 4.69) is 29.6 Å². The summed E-state index contributed by atoms with van der Waals surface area (Å²) in [4.78, 5) is 25.6. The van der Waals surface area contributed by atoms with Gasteiger partial charge >= 0.3 is 0 Å². The van der Waals surface area contributed by atoms with Crippen LogP contribution in [-0.2, 0) is 9.59 Å². The molecule has 0 N–H and O–H groups in total. The standard InChI is InChI=1S/C20H27NO2S/c1-12-7-13(2)18(14(3)8-12)19-17(22)10-16(20(19)23)9-15-5-6-21(11-15)24-4/h7-8,15-16,19H,5-6,9-11H2,1-4H3. The molecule has 130 valence electrons. The Morgan fingerprint density at radius 3 is 2.42 bits per heavy atom. The fraction of sp³-hybridized carbons (Fsp3) is 0.600. The van der Waals surface area contributed by atoms with Crippen molar-refractivity contribution in [2.75, 3.05) is 19.3 Å². The summed E-state index contributed by atoms with van der Waals surface area (Å²) in [6.45, 7) is 8.25. The number of benzene rings is 1. The van der Waals surface area contributed by atoms with Crippen LogP contribution in [-0.4, -0.2) is 35.2 Å². The fourth-order valence-corrected chi connectivity index (χ4v) is 5.21. The fourth-order valence-electron chi connectivity index (χ4n) is 4.56. The molecule has 4 heteroatoms. The second-order valence-electron chi connectivity index (χ2n) is 7.48. The maximum Gasteiger partial charge on any atom is 0.151 e. The van der Waals surface area contributed by atoms with Crippen molar-refractivity contribution in [3.63, 3.8) is 0 Å². The lowest BCUT2D eigenvalue weighted by Crippen LogP contribution is -2.20. The molecule has 3 unspecified atom stereocenters. The highest BCUT2D eigenvalue weighted by atomic mass is 32.2. The van der Waals surface area contributed by atoms with Gasteiger partial charge in [-0.05, 0) is 62.5 Å². The van der Waals surface area contributed by atoms with Crippen LogP contribution < -0.4 is 0 Å². The molecule has 0 amide bonds. The van der Waals surface area contributed by atoms with Crippen LogP contribution >= 0.6 is 11.9 Å². The molecule has 0 spiro atoms. The van der Waals surface area contributed by atoms with Gasteiger partial charge in [0.25, 0.3) is 0 Å². The average Bonchev–Trinajstić information content (AvgIpc) is 3.06. The summed E-state index contributed by atoms with van der Waals surface area (Å²) in [6.07, 6.45) is 4.56. The van der Waals surface area contributed by atoms with Gasteiger partial charge < -0.3 is 0 Å². The van der Waals surface area contributed by atoms with E-state index in [9.17, 15) is 9.59 Å². The van der Waals surface area contributed by atoms with Gasteiger partial charge in [-0.3, -0.25) is 13.9 Å². The molecule has 1 saturated heterocycles. The predicted octanol–water partition coefficient (Wildman–Crippen LogP) is 3.84. The number of hydrogen-bond acceptors (Lipinski definition) is 4. The lowest BCUT2D eigenvalue weighted by atomic mass is 9.85. The molecule has 0 radical (unpaired) electrons. The van der Waals surface area contributed by atoms with Crippen LogP contribution in [0.25, 0.3) is 0 Å². The zero-order chi connectivity index (χ0) is 17.4. The van der Waals surface area contributed by atoms with E-state index in [4.69, 9.17) is 0 Å². The smallest absolute Gasteiger partial charge is 0.151 e. The predicted molar refractivity (Wildman–Crippen MR) is 99.3 cm³/mol. The van der Waals surface area contributed by atoms with E-state index in [1.165, 1.54) is 5.56 Å². The lowest BCUT2D eigenvalue weighted by molar-refractivity contribution is -0.125. The van der Waals surface area contributed by atoms with E-state index in [0.717, 1.165) is 42.6 Å². The van der Waals surface area contributed by atoms with Crippen LogP contribution in [0.2, 0.25) is 0 Å². The van der Waals surface area contributed by atoms with Gasteiger partial charge in [-0.25, -0.2) is 0 Å². The third kappa shape index (κ3) is 3.31. The van der Waals surface area contributed by atoms with Gasteiger partial charge in [0.2, 0.25) is 0 Å². The first-order valence-corrected chi connectivity index (χ1v) is 10.0. The van der Waals surface area contributed by atoms with Crippen LogP contribution in [0.15, 0.2) is 12.1 Å². The molecule has 1 aromatic carbocycles. The number of carbonyl (C=O) groups excluding carboxylic acids is 2. The molecule has 1 aliphatic heterocycles. The van der Waals surface area contributed by atoms with E-state index < -0.39 is 5.92 Å². The molecule has 3 nitrogen and oxygen atoms in total. The van der Waals surface area contributed by atoms with Gasteiger partial charge in [-0.1, -0.05) is 29.6 Å². The minimum Gasteiger partial charge on any atom is -0.298 e. The summed E-state index contributed by atoms with van der Waals surface area (Å²) in [7, 11) is 0. The summed E-state index contributed by atoms with van der Waals surface area (Å²) < 4.78 is 2.36. The van der Waals surface area contributed by atoms with Crippen molar-refractivity contribution < 1.29 is 9.59 Å². The van der Waals surface area contributed by atoms with Crippen molar-refractivity contribution >= 4 is 23.5 Å². The highest BCUT2D eigenvalue weighted by Crippen LogP contribution is 2.40. The van der Waals surface area contributed by atoms with Crippen LogP contribution in [0.4, 0.5) is 0 Å². The second kappa shape index (κ2) is 7.01. The lowest BCUT2D eigenvalue weighted by Gasteiger charge is -2.18. The van der Waals surface area contributed by atoms with E-state index in [1.807, 2.05) is 13.8 Å². The number of hydrogen-bond donors (Lipinski definition) is 0. The molecule has 0 bridgehead atoms. The first-order valence-electron chi connectivity index (χ1n) is 8.84. The Balaban J connectivity index is 1.78. The van der Waals surface area contributed by atoms with Crippen molar-refractivity contribution in [2.45, 2.75) is 46.0 Å². The Morgan fingerprint density at radius 2 is 1.83 bits per heavy atom. The minimum atomic E-state index is -0.520. The van der Waals surface area contributed by atoms with Gasteiger partial charge in [-0.15, -0.1) is 0 Å². The molecule has 1 saturated carbocycles. The number of Topliss-reactive ketones (excluding diaryl/α,β-unsaturated/α-hetero) is 2. The number of carbonyl (C=O) groups is 2. The summed E-state index contributed by atoms with van der Waals surface area (Å²) >= 11 is 1.78. The molecule has 1 aliphatic carbocycles. The number of nitrogens with zero attached hydrogens (tertiary/aromatic N) is 1. The SMILES string of the molecule is CSN1CCC(CC2CC(=O)C(c3c(C)cc(C)cc3C)C2=O)C1. The van der Waals surface area contributed by atoms with Crippen molar-refractivity contribution in [3.05, 3.63) is 34.4 Å². The van der Waals surface area contributed by atoms with Gasteiger partial charge in [0.1, 0.15) is 11.7 Å². The minimum absolute atomic E-state index is 0.0746. The monoisotopic (exact) mass is 345 g/mol. The largest absolute Gasteiger partial charge is 0.298 e. The highest BCUT2D eigenvalue weighted by molar-refractivity contribution is 7.96. The topological polar surface area (TPSA) is 37.4 Å². The van der Waals surface area contributed by atoms with Gasteiger partial charge in [0, 0.05) is 25.4 Å². The number of ketones is 2.